The normalized spacial score (nSPS) is 12.3. The van der Waals surface area contributed by atoms with Gasteiger partial charge < -0.3 is 10.1 Å². The van der Waals surface area contributed by atoms with Gasteiger partial charge in [-0.15, -0.1) is 0 Å². The van der Waals surface area contributed by atoms with E-state index in [2.05, 4.69) is 5.32 Å². The average molecular weight is 494 g/mol. The summed E-state index contributed by atoms with van der Waals surface area (Å²) in [5.74, 6) is -0.257. The first-order chi connectivity index (χ1) is 14.9. The molecule has 0 aliphatic rings. The van der Waals surface area contributed by atoms with E-state index in [1.807, 2.05) is 0 Å². The number of nitrogens with one attached hydrogen (secondary N) is 1. The quantitative estimate of drug-likeness (QED) is 0.572. The standard InChI is InChI=1S/C20H23ClF3N3O4S/c1-4-27(32(29,30)26(2)3)12-11-25-19(28)14-5-7-15(8-6-14)31-16-9-10-18(21)17(13-16)20(22,23)24/h5-10,13H,4,11-12H2,1-3H3,(H,25,28). The Morgan fingerprint density at radius 3 is 2.22 bits per heavy atom. The van der Waals surface area contributed by atoms with Gasteiger partial charge in [0, 0.05) is 39.3 Å². The van der Waals surface area contributed by atoms with Crippen LogP contribution in [0.3, 0.4) is 0 Å². The minimum absolute atomic E-state index is 0.0549. The van der Waals surface area contributed by atoms with E-state index >= 15 is 0 Å². The first kappa shape index (κ1) is 25.9. The molecule has 0 atom stereocenters. The van der Waals surface area contributed by atoms with Crippen LogP contribution in [0.15, 0.2) is 42.5 Å². The molecule has 32 heavy (non-hydrogen) atoms. The van der Waals surface area contributed by atoms with Crippen LogP contribution in [0.2, 0.25) is 5.02 Å². The number of ether oxygens (including phenoxy) is 1. The Bertz CT molecular complexity index is 1050. The van der Waals surface area contributed by atoms with Crippen LogP contribution in [-0.2, 0) is 16.4 Å². The fraction of sp³-hybridized carbons (Fsp3) is 0.350. The Kier molecular flexibility index (Phi) is 8.52. The fourth-order valence-electron chi connectivity index (χ4n) is 2.66. The lowest BCUT2D eigenvalue weighted by Gasteiger charge is -2.24. The molecule has 0 heterocycles. The molecule has 0 aliphatic carbocycles. The van der Waals surface area contributed by atoms with Crippen molar-refractivity contribution in [1.82, 2.24) is 13.9 Å². The lowest BCUT2D eigenvalue weighted by atomic mass is 10.2. The second-order valence-corrected chi connectivity index (χ2v) is 9.35. The van der Waals surface area contributed by atoms with Crippen LogP contribution in [0.25, 0.3) is 0 Å². The third kappa shape index (κ3) is 6.58. The summed E-state index contributed by atoms with van der Waals surface area (Å²) in [7, 11) is -0.732. The van der Waals surface area contributed by atoms with Crippen molar-refractivity contribution in [2.45, 2.75) is 13.1 Å². The molecule has 0 fully saturated rings. The molecule has 7 nitrogen and oxygen atoms in total. The van der Waals surface area contributed by atoms with Gasteiger partial charge in [-0.2, -0.15) is 30.2 Å². The van der Waals surface area contributed by atoms with Gasteiger partial charge in [-0.05, 0) is 42.5 Å². The maximum Gasteiger partial charge on any atom is 0.417 e. The SMILES string of the molecule is CCN(CCNC(=O)c1ccc(Oc2ccc(Cl)c(C(F)(F)F)c2)cc1)S(=O)(=O)N(C)C. The van der Waals surface area contributed by atoms with E-state index < -0.39 is 32.9 Å². The number of benzene rings is 2. The summed E-state index contributed by atoms with van der Waals surface area (Å²) in [6, 6.07) is 8.96. The lowest BCUT2D eigenvalue weighted by Crippen LogP contribution is -2.43. The highest BCUT2D eigenvalue weighted by molar-refractivity contribution is 7.86. The number of carbonyl (C=O) groups excluding carboxylic acids is 1. The fourth-order valence-corrected chi connectivity index (χ4v) is 3.99. The Hall–Kier alpha value is -2.34. The minimum Gasteiger partial charge on any atom is -0.457 e. The van der Waals surface area contributed by atoms with Crippen molar-refractivity contribution in [3.63, 3.8) is 0 Å². The maximum atomic E-state index is 13.0. The van der Waals surface area contributed by atoms with Crippen molar-refractivity contribution >= 4 is 27.7 Å². The van der Waals surface area contributed by atoms with Gasteiger partial charge in [0.05, 0.1) is 10.6 Å². The molecule has 1 N–H and O–H groups in total. The van der Waals surface area contributed by atoms with E-state index in [9.17, 15) is 26.4 Å². The molecule has 2 aromatic carbocycles. The summed E-state index contributed by atoms with van der Waals surface area (Å²) in [6.45, 7) is 2.15. The van der Waals surface area contributed by atoms with E-state index in [0.29, 0.717) is 0 Å². The van der Waals surface area contributed by atoms with E-state index in [0.717, 1.165) is 16.4 Å². The molecule has 0 radical (unpaired) electrons. The monoisotopic (exact) mass is 493 g/mol. The zero-order valence-electron chi connectivity index (χ0n) is 17.6. The summed E-state index contributed by atoms with van der Waals surface area (Å²) >= 11 is 5.59. The largest absolute Gasteiger partial charge is 0.457 e. The van der Waals surface area contributed by atoms with Gasteiger partial charge in [-0.1, -0.05) is 18.5 Å². The number of hydrogen-bond donors (Lipinski definition) is 1. The number of halogens is 4. The summed E-state index contributed by atoms with van der Waals surface area (Å²) < 4.78 is 70.9. The van der Waals surface area contributed by atoms with Crippen molar-refractivity contribution in [1.29, 1.82) is 0 Å². The number of rotatable bonds is 9. The van der Waals surface area contributed by atoms with Gasteiger partial charge in [0.2, 0.25) is 0 Å². The minimum atomic E-state index is -4.61. The van der Waals surface area contributed by atoms with Crippen molar-refractivity contribution in [2.24, 2.45) is 0 Å². The van der Waals surface area contributed by atoms with E-state index in [-0.39, 0.29) is 36.7 Å². The Morgan fingerprint density at radius 1 is 1.09 bits per heavy atom. The highest BCUT2D eigenvalue weighted by Crippen LogP contribution is 2.37. The van der Waals surface area contributed by atoms with Crippen molar-refractivity contribution in [3.05, 3.63) is 58.6 Å². The molecule has 0 aliphatic heterocycles. The van der Waals surface area contributed by atoms with Gasteiger partial charge in [0.15, 0.2) is 0 Å². The number of hydrogen-bond acceptors (Lipinski definition) is 4. The van der Waals surface area contributed by atoms with Gasteiger partial charge >= 0.3 is 6.18 Å². The molecular formula is C20H23ClF3N3O4S. The van der Waals surface area contributed by atoms with Gasteiger partial charge in [0.1, 0.15) is 11.5 Å². The zero-order valence-corrected chi connectivity index (χ0v) is 19.2. The Labute approximate surface area is 189 Å². The van der Waals surface area contributed by atoms with Crippen molar-refractivity contribution < 1.29 is 31.1 Å². The molecule has 0 aromatic heterocycles. The molecular weight excluding hydrogens is 471 g/mol. The second kappa shape index (κ2) is 10.5. The van der Waals surface area contributed by atoms with E-state index in [1.165, 1.54) is 48.7 Å². The van der Waals surface area contributed by atoms with Crippen molar-refractivity contribution in [3.8, 4) is 11.5 Å². The van der Waals surface area contributed by atoms with E-state index in [4.69, 9.17) is 16.3 Å². The molecule has 0 bridgehead atoms. The predicted octanol–water partition coefficient (Wildman–Crippen LogP) is 4.01. The molecule has 0 saturated carbocycles. The van der Waals surface area contributed by atoms with Gasteiger partial charge in [-0.25, -0.2) is 0 Å². The van der Waals surface area contributed by atoms with Gasteiger partial charge in [-0.3, -0.25) is 4.79 Å². The molecule has 176 valence electrons. The third-order valence-electron chi connectivity index (χ3n) is 4.38. The summed E-state index contributed by atoms with van der Waals surface area (Å²) in [5.41, 5.74) is -0.729. The smallest absolute Gasteiger partial charge is 0.417 e. The third-order valence-corrected chi connectivity index (χ3v) is 6.73. The Balaban J connectivity index is 1.98. The molecule has 0 spiro atoms. The molecule has 1 amide bonds. The maximum absolute atomic E-state index is 13.0. The molecule has 12 heteroatoms. The van der Waals surface area contributed by atoms with Crippen LogP contribution >= 0.6 is 11.6 Å². The number of carbonyl (C=O) groups is 1. The van der Waals surface area contributed by atoms with Crippen LogP contribution in [0, 0.1) is 0 Å². The highest BCUT2D eigenvalue weighted by Gasteiger charge is 2.33. The lowest BCUT2D eigenvalue weighted by molar-refractivity contribution is -0.137. The Morgan fingerprint density at radius 2 is 1.69 bits per heavy atom. The first-order valence-electron chi connectivity index (χ1n) is 9.46. The number of alkyl halides is 3. The predicted molar refractivity (Wildman–Crippen MR) is 115 cm³/mol. The summed E-state index contributed by atoms with van der Waals surface area (Å²) in [6.07, 6.45) is -4.61. The summed E-state index contributed by atoms with van der Waals surface area (Å²) in [5, 5.41) is 2.20. The summed E-state index contributed by atoms with van der Waals surface area (Å²) in [4.78, 5) is 12.3. The van der Waals surface area contributed by atoms with Crippen LogP contribution in [0.5, 0.6) is 11.5 Å². The number of likely N-dealkylation sites (N-methyl/N-ethyl adjacent to an activating group) is 1. The molecule has 2 rings (SSSR count). The molecule has 2 aromatic rings. The topological polar surface area (TPSA) is 79.0 Å². The van der Waals surface area contributed by atoms with Crippen LogP contribution in [-0.4, -0.2) is 56.7 Å². The van der Waals surface area contributed by atoms with Crippen LogP contribution in [0.1, 0.15) is 22.8 Å². The molecule has 0 unspecified atom stereocenters. The van der Waals surface area contributed by atoms with Crippen LogP contribution in [0.4, 0.5) is 13.2 Å². The first-order valence-corrected chi connectivity index (χ1v) is 11.2. The van der Waals surface area contributed by atoms with Crippen molar-refractivity contribution in [2.75, 3.05) is 33.7 Å². The molecule has 0 saturated heterocycles. The second-order valence-electron chi connectivity index (χ2n) is 6.80. The average Bonchev–Trinajstić information content (AvgIpc) is 2.71. The zero-order chi connectivity index (χ0) is 24.1. The van der Waals surface area contributed by atoms with E-state index in [1.54, 1.807) is 6.92 Å². The van der Waals surface area contributed by atoms with Gasteiger partial charge in [0.25, 0.3) is 16.1 Å². The highest BCUT2D eigenvalue weighted by atomic mass is 35.5. The number of amides is 1. The van der Waals surface area contributed by atoms with Crippen LogP contribution < -0.4 is 10.1 Å². The number of nitrogens with zero attached hydrogens (tertiary/aromatic N) is 2.